The topological polar surface area (TPSA) is 63.7 Å². The zero-order valence-corrected chi connectivity index (χ0v) is 9.80. The first-order chi connectivity index (χ1) is 6.32. The first kappa shape index (κ1) is 13.4. The Balaban J connectivity index is 4.41. The molecule has 5 nitrogen and oxygen atoms in total. The van der Waals surface area contributed by atoms with E-state index in [9.17, 15) is 13.2 Å². The van der Waals surface area contributed by atoms with Crippen molar-refractivity contribution < 1.29 is 17.9 Å². The Morgan fingerprint density at radius 1 is 1.50 bits per heavy atom. The van der Waals surface area contributed by atoms with E-state index in [1.165, 1.54) is 11.4 Å². The Labute approximate surface area is 85.1 Å². The second kappa shape index (κ2) is 5.31. The van der Waals surface area contributed by atoms with Gasteiger partial charge in [0.15, 0.2) is 0 Å². The van der Waals surface area contributed by atoms with E-state index >= 15 is 0 Å². The summed E-state index contributed by atoms with van der Waals surface area (Å²) in [7, 11) is -1.94. The number of rotatable bonds is 5. The molecule has 0 unspecified atom stereocenters. The number of carbonyl (C=O) groups excluding carboxylic acids is 1. The highest BCUT2D eigenvalue weighted by molar-refractivity contribution is 7.88. The first-order valence-electron chi connectivity index (χ1n) is 4.35. The van der Waals surface area contributed by atoms with Gasteiger partial charge in [-0.05, 0) is 0 Å². The van der Waals surface area contributed by atoms with Crippen molar-refractivity contribution in [1.82, 2.24) is 4.31 Å². The standard InChI is InChI=1S/C8H17NO4S/c1-5-9(14(4,11)12)6-7(2)8(10)13-3/h7H,5-6H2,1-4H3/t7-/m0/s1. The number of sulfonamides is 1. The van der Waals surface area contributed by atoms with Gasteiger partial charge < -0.3 is 4.74 Å². The van der Waals surface area contributed by atoms with Crippen molar-refractivity contribution in [3.63, 3.8) is 0 Å². The van der Waals surface area contributed by atoms with Crippen LogP contribution in [0.1, 0.15) is 13.8 Å². The van der Waals surface area contributed by atoms with Crippen LogP contribution in [0.15, 0.2) is 0 Å². The maximum absolute atomic E-state index is 11.2. The summed E-state index contributed by atoms with van der Waals surface area (Å²) in [4.78, 5) is 11.0. The van der Waals surface area contributed by atoms with Gasteiger partial charge in [-0.2, -0.15) is 0 Å². The first-order valence-corrected chi connectivity index (χ1v) is 6.20. The molecule has 14 heavy (non-hydrogen) atoms. The SMILES string of the molecule is CCN(C[C@H](C)C(=O)OC)S(C)(=O)=O. The van der Waals surface area contributed by atoms with Crippen LogP contribution in [-0.4, -0.2) is 45.1 Å². The quantitative estimate of drug-likeness (QED) is 0.619. The zero-order chi connectivity index (χ0) is 11.4. The van der Waals surface area contributed by atoms with Crippen LogP contribution < -0.4 is 0 Å². The maximum atomic E-state index is 11.2. The molecule has 0 aromatic heterocycles. The Bertz CT molecular complexity index is 286. The summed E-state index contributed by atoms with van der Waals surface area (Å²) in [6, 6.07) is 0. The maximum Gasteiger partial charge on any atom is 0.309 e. The monoisotopic (exact) mass is 223 g/mol. The minimum Gasteiger partial charge on any atom is -0.469 e. The second-order valence-corrected chi connectivity index (χ2v) is 5.12. The van der Waals surface area contributed by atoms with Gasteiger partial charge in [-0.1, -0.05) is 13.8 Å². The van der Waals surface area contributed by atoms with Crippen molar-refractivity contribution in [2.24, 2.45) is 5.92 Å². The molecule has 0 aliphatic rings. The molecular weight excluding hydrogens is 206 g/mol. The van der Waals surface area contributed by atoms with Crippen LogP contribution >= 0.6 is 0 Å². The Hall–Kier alpha value is -0.620. The molecule has 0 aromatic rings. The number of methoxy groups -OCH3 is 1. The molecule has 0 radical (unpaired) electrons. The predicted octanol–water partition coefficient (Wildman–Crippen LogP) is 0.0770. The smallest absolute Gasteiger partial charge is 0.309 e. The van der Waals surface area contributed by atoms with Gasteiger partial charge in [0.2, 0.25) is 10.0 Å². The minimum atomic E-state index is -3.23. The number of ether oxygens (including phenoxy) is 1. The lowest BCUT2D eigenvalue weighted by molar-refractivity contribution is -0.145. The predicted molar refractivity (Wildman–Crippen MR) is 53.3 cm³/mol. The van der Waals surface area contributed by atoms with Gasteiger partial charge in [0.25, 0.3) is 0 Å². The molecule has 0 aliphatic heterocycles. The van der Waals surface area contributed by atoms with E-state index in [4.69, 9.17) is 0 Å². The summed E-state index contributed by atoms with van der Waals surface area (Å²) < 4.78 is 28.1. The number of hydrogen-bond donors (Lipinski definition) is 0. The highest BCUT2D eigenvalue weighted by Crippen LogP contribution is 2.05. The fraction of sp³-hybridized carbons (Fsp3) is 0.875. The zero-order valence-electron chi connectivity index (χ0n) is 8.98. The van der Waals surface area contributed by atoms with Crippen molar-refractivity contribution in [1.29, 1.82) is 0 Å². The van der Waals surface area contributed by atoms with Crippen LogP contribution in [0.5, 0.6) is 0 Å². The third-order valence-corrected chi connectivity index (χ3v) is 3.25. The molecular formula is C8H17NO4S. The molecule has 0 aromatic carbocycles. The van der Waals surface area contributed by atoms with Gasteiger partial charge in [-0.15, -0.1) is 0 Å². The molecule has 84 valence electrons. The molecule has 0 N–H and O–H groups in total. The van der Waals surface area contributed by atoms with Gasteiger partial charge in [0.1, 0.15) is 0 Å². The second-order valence-electron chi connectivity index (χ2n) is 3.14. The van der Waals surface area contributed by atoms with E-state index in [0.717, 1.165) is 6.26 Å². The molecule has 0 amide bonds. The molecule has 0 aliphatic carbocycles. The fourth-order valence-electron chi connectivity index (χ4n) is 1.08. The van der Waals surface area contributed by atoms with Gasteiger partial charge in [-0.3, -0.25) is 4.79 Å². The summed E-state index contributed by atoms with van der Waals surface area (Å²) in [6.45, 7) is 3.90. The molecule has 6 heteroatoms. The Morgan fingerprint density at radius 2 is 2.00 bits per heavy atom. The molecule has 0 spiro atoms. The molecule has 0 bridgehead atoms. The molecule has 0 fully saturated rings. The average molecular weight is 223 g/mol. The lowest BCUT2D eigenvalue weighted by Crippen LogP contribution is -2.36. The third kappa shape index (κ3) is 4.06. The van der Waals surface area contributed by atoms with E-state index in [-0.39, 0.29) is 6.54 Å². The lowest BCUT2D eigenvalue weighted by atomic mass is 10.2. The molecule has 1 atom stereocenters. The van der Waals surface area contributed by atoms with Crippen LogP contribution in [-0.2, 0) is 19.6 Å². The average Bonchev–Trinajstić information content (AvgIpc) is 2.10. The summed E-state index contributed by atoms with van der Waals surface area (Å²) >= 11 is 0. The summed E-state index contributed by atoms with van der Waals surface area (Å²) in [5.74, 6) is -0.832. The van der Waals surface area contributed by atoms with E-state index in [1.54, 1.807) is 13.8 Å². The van der Waals surface area contributed by atoms with Crippen LogP contribution in [0.2, 0.25) is 0 Å². The number of carbonyl (C=O) groups is 1. The fourth-order valence-corrected chi connectivity index (χ4v) is 2.04. The molecule has 0 saturated heterocycles. The van der Waals surface area contributed by atoms with Crippen molar-refractivity contribution in [3.8, 4) is 0 Å². The highest BCUT2D eigenvalue weighted by Gasteiger charge is 2.21. The molecule has 0 heterocycles. The lowest BCUT2D eigenvalue weighted by Gasteiger charge is -2.20. The van der Waals surface area contributed by atoms with E-state index in [2.05, 4.69) is 4.74 Å². The summed E-state index contributed by atoms with van der Waals surface area (Å²) in [5, 5.41) is 0. The number of esters is 1. The van der Waals surface area contributed by atoms with Crippen molar-refractivity contribution in [3.05, 3.63) is 0 Å². The Kier molecular flexibility index (Phi) is 5.07. The van der Waals surface area contributed by atoms with E-state index in [1.807, 2.05) is 0 Å². The van der Waals surface area contributed by atoms with Crippen LogP contribution in [0.3, 0.4) is 0 Å². The van der Waals surface area contributed by atoms with Gasteiger partial charge in [0.05, 0.1) is 19.3 Å². The molecule has 0 rings (SSSR count). The number of nitrogens with zero attached hydrogens (tertiary/aromatic N) is 1. The van der Waals surface area contributed by atoms with Crippen LogP contribution in [0.4, 0.5) is 0 Å². The van der Waals surface area contributed by atoms with E-state index < -0.39 is 21.9 Å². The highest BCUT2D eigenvalue weighted by atomic mass is 32.2. The Morgan fingerprint density at radius 3 is 2.29 bits per heavy atom. The van der Waals surface area contributed by atoms with Crippen molar-refractivity contribution in [2.75, 3.05) is 26.5 Å². The number of hydrogen-bond acceptors (Lipinski definition) is 4. The van der Waals surface area contributed by atoms with Crippen LogP contribution in [0, 0.1) is 5.92 Å². The van der Waals surface area contributed by atoms with Gasteiger partial charge >= 0.3 is 5.97 Å². The summed E-state index contributed by atoms with van der Waals surface area (Å²) in [5.41, 5.74) is 0. The van der Waals surface area contributed by atoms with Crippen molar-refractivity contribution in [2.45, 2.75) is 13.8 Å². The van der Waals surface area contributed by atoms with E-state index in [0.29, 0.717) is 6.54 Å². The minimum absolute atomic E-state index is 0.169. The molecule has 0 saturated carbocycles. The van der Waals surface area contributed by atoms with Gasteiger partial charge in [-0.25, -0.2) is 12.7 Å². The van der Waals surface area contributed by atoms with Crippen molar-refractivity contribution >= 4 is 16.0 Å². The third-order valence-electron chi connectivity index (χ3n) is 1.90. The van der Waals surface area contributed by atoms with Crippen LogP contribution in [0.25, 0.3) is 0 Å². The summed E-state index contributed by atoms with van der Waals surface area (Å²) in [6.07, 6.45) is 1.13. The largest absolute Gasteiger partial charge is 0.469 e. The van der Waals surface area contributed by atoms with Gasteiger partial charge in [0, 0.05) is 13.1 Å². The normalized spacial score (nSPS) is 14.1.